The summed E-state index contributed by atoms with van der Waals surface area (Å²) in [6.07, 6.45) is 9.64. The van der Waals surface area contributed by atoms with Crippen molar-refractivity contribution in [3.05, 3.63) is 0 Å². The van der Waals surface area contributed by atoms with Crippen LogP contribution in [0.2, 0.25) is 0 Å². The molecule has 0 amide bonds. The average molecular weight is 292 g/mol. The maximum atomic E-state index is 6.33. The highest BCUT2D eigenvalue weighted by Crippen LogP contribution is 2.38. The highest BCUT2D eigenvalue weighted by Gasteiger charge is 2.46. The van der Waals surface area contributed by atoms with Crippen LogP contribution in [0.4, 0.5) is 0 Å². The Labute approximate surface area is 129 Å². The summed E-state index contributed by atoms with van der Waals surface area (Å²) < 4.78 is 0. The zero-order valence-electron chi connectivity index (χ0n) is 13.5. The van der Waals surface area contributed by atoms with Gasteiger partial charge >= 0.3 is 0 Å². The third-order valence-corrected chi connectivity index (χ3v) is 6.85. The van der Waals surface area contributed by atoms with Crippen molar-refractivity contribution in [2.45, 2.75) is 62.6 Å². The molecule has 0 aromatic rings. The van der Waals surface area contributed by atoms with E-state index in [2.05, 4.69) is 14.7 Å². The minimum Gasteiger partial charge on any atom is -0.329 e. The Kier molecular flexibility index (Phi) is 3.99. The Morgan fingerprint density at radius 1 is 0.857 bits per heavy atom. The first-order valence-electron chi connectivity index (χ1n) is 9.24. The summed E-state index contributed by atoms with van der Waals surface area (Å²) in [7, 11) is 0. The first-order chi connectivity index (χ1) is 10.3. The summed E-state index contributed by atoms with van der Waals surface area (Å²) in [5.74, 6) is 0. The van der Waals surface area contributed by atoms with Crippen LogP contribution in [-0.2, 0) is 0 Å². The lowest BCUT2D eigenvalue weighted by Crippen LogP contribution is -2.60. The standard InChI is InChI=1S/C17H32N4/c18-14-17(6-11-20-9-3-4-15(20)12-17)21-10-5-16(13-21)19-7-1-2-8-19/h15-16H,1-14,18H2. The molecule has 0 aromatic heterocycles. The van der Waals surface area contributed by atoms with E-state index in [1.54, 1.807) is 0 Å². The fourth-order valence-electron chi connectivity index (χ4n) is 5.49. The van der Waals surface area contributed by atoms with Crippen LogP contribution in [0.25, 0.3) is 0 Å². The van der Waals surface area contributed by atoms with E-state index in [9.17, 15) is 0 Å². The van der Waals surface area contributed by atoms with Gasteiger partial charge in [-0.2, -0.15) is 0 Å². The Morgan fingerprint density at radius 3 is 2.43 bits per heavy atom. The van der Waals surface area contributed by atoms with E-state index in [4.69, 9.17) is 5.73 Å². The average Bonchev–Trinajstić information content (AvgIpc) is 3.25. The highest BCUT2D eigenvalue weighted by atomic mass is 15.3. The van der Waals surface area contributed by atoms with Gasteiger partial charge in [0.15, 0.2) is 0 Å². The lowest BCUT2D eigenvalue weighted by atomic mass is 9.82. The van der Waals surface area contributed by atoms with Gasteiger partial charge in [0.05, 0.1) is 0 Å². The van der Waals surface area contributed by atoms with Gasteiger partial charge in [0.2, 0.25) is 0 Å². The van der Waals surface area contributed by atoms with Crippen LogP contribution >= 0.6 is 0 Å². The second kappa shape index (κ2) is 5.80. The zero-order valence-corrected chi connectivity index (χ0v) is 13.5. The number of hydrogen-bond donors (Lipinski definition) is 1. The monoisotopic (exact) mass is 292 g/mol. The van der Waals surface area contributed by atoms with Crippen LogP contribution < -0.4 is 5.73 Å². The molecule has 0 bridgehead atoms. The van der Waals surface area contributed by atoms with Crippen molar-refractivity contribution in [1.82, 2.24) is 14.7 Å². The highest BCUT2D eigenvalue weighted by molar-refractivity contribution is 5.04. The van der Waals surface area contributed by atoms with E-state index in [0.717, 1.165) is 18.6 Å². The molecule has 120 valence electrons. The van der Waals surface area contributed by atoms with E-state index < -0.39 is 0 Å². The van der Waals surface area contributed by atoms with Gasteiger partial charge in [0.1, 0.15) is 0 Å². The summed E-state index contributed by atoms with van der Waals surface area (Å²) in [5, 5.41) is 0. The summed E-state index contributed by atoms with van der Waals surface area (Å²) in [4.78, 5) is 8.27. The molecule has 0 aromatic carbocycles. The fraction of sp³-hybridized carbons (Fsp3) is 1.00. The van der Waals surface area contributed by atoms with Crippen molar-refractivity contribution >= 4 is 0 Å². The molecule has 4 aliphatic heterocycles. The van der Waals surface area contributed by atoms with Gasteiger partial charge in [-0.3, -0.25) is 9.80 Å². The minimum atomic E-state index is 0.319. The SMILES string of the molecule is NCC1(N2CCC(N3CCCC3)C2)CCN2CCCC2C1. The summed E-state index contributed by atoms with van der Waals surface area (Å²) in [6.45, 7) is 8.72. The van der Waals surface area contributed by atoms with Crippen LogP contribution in [0, 0.1) is 0 Å². The molecule has 4 nitrogen and oxygen atoms in total. The molecule has 21 heavy (non-hydrogen) atoms. The molecule has 2 N–H and O–H groups in total. The molecule has 4 rings (SSSR count). The Balaban J connectivity index is 1.43. The van der Waals surface area contributed by atoms with E-state index >= 15 is 0 Å². The van der Waals surface area contributed by atoms with Crippen LogP contribution in [0.15, 0.2) is 0 Å². The van der Waals surface area contributed by atoms with Gasteiger partial charge in [-0.1, -0.05) is 0 Å². The number of fused-ring (bicyclic) bond motifs is 1. The molecule has 0 spiro atoms. The van der Waals surface area contributed by atoms with E-state index in [-0.39, 0.29) is 0 Å². The van der Waals surface area contributed by atoms with Crippen molar-refractivity contribution in [3.63, 3.8) is 0 Å². The molecule has 0 radical (unpaired) electrons. The van der Waals surface area contributed by atoms with Crippen molar-refractivity contribution in [1.29, 1.82) is 0 Å². The van der Waals surface area contributed by atoms with E-state index in [0.29, 0.717) is 5.54 Å². The van der Waals surface area contributed by atoms with Gasteiger partial charge in [-0.15, -0.1) is 0 Å². The third kappa shape index (κ3) is 2.54. The lowest BCUT2D eigenvalue weighted by Gasteiger charge is -2.49. The van der Waals surface area contributed by atoms with Gasteiger partial charge in [-0.25, -0.2) is 0 Å². The number of likely N-dealkylation sites (tertiary alicyclic amines) is 2. The molecular weight excluding hydrogens is 260 g/mol. The first-order valence-corrected chi connectivity index (χ1v) is 9.24. The minimum absolute atomic E-state index is 0.319. The molecule has 4 fully saturated rings. The van der Waals surface area contributed by atoms with Crippen molar-refractivity contribution < 1.29 is 0 Å². The molecule has 4 saturated heterocycles. The Bertz CT molecular complexity index is 368. The van der Waals surface area contributed by atoms with Crippen LogP contribution in [0.5, 0.6) is 0 Å². The zero-order chi connectivity index (χ0) is 14.3. The fourth-order valence-corrected chi connectivity index (χ4v) is 5.49. The summed E-state index contributed by atoms with van der Waals surface area (Å²) in [5.41, 5.74) is 6.65. The van der Waals surface area contributed by atoms with Crippen molar-refractivity contribution in [2.75, 3.05) is 45.8 Å². The number of rotatable bonds is 3. The number of nitrogens with two attached hydrogens (primary N) is 1. The van der Waals surface area contributed by atoms with Gasteiger partial charge in [0, 0.05) is 43.8 Å². The largest absolute Gasteiger partial charge is 0.329 e. The Morgan fingerprint density at radius 2 is 1.62 bits per heavy atom. The van der Waals surface area contributed by atoms with Crippen LogP contribution in [0.1, 0.15) is 44.9 Å². The quantitative estimate of drug-likeness (QED) is 0.845. The maximum absolute atomic E-state index is 6.33. The number of hydrogen-bond acceptors (Lipinski definition) is 4. The number of piperidine rings is 1. The molecule has 3 unspecified atom stereocenters. The molecule has 4 heteroatoms. The molecule has 3 atom stereocenters. The molecule has 0 saturated carbocycles. The smallest absolute Gasteiger partial charge is 0.0359 e. The number of nitrogens with zero attached hydrogens (tertiary/aromatic N) is 3. The van der Waals surface area contributed by atoms with Crippen molar-refractivity contribution in [2.24, 2.45) is 5.73 Å². The summed E-state index contributed by atoms with van der Waals surface area (Å²) in [6, 6.07) is 1.64. The topological polar surface area (TPSA) is 35.7 Å². The maximum Gasteiger partial charge on any atom is 0.0359 e. The predicted molar refractivity (Wildman–Crippen MR) is 86.4 cm³/mol. The van der Waals surface area contributed by atoms with Crippen LogP contribution in [0.3, 0.4) is 0 Å². The predicted octanol–water partition coefficient (Wildman–Crippen LogP) is 1.11. The van der Waals surface area contributed by atoms with Crippen LogP contribution in [-0.4, -0.2) is 78.1 Å². The first kappa shape index (κ1) is 14.4. The third-order valence-electron chi connectivity index (χ3n) is 6.85. The second-order valence-corrected chi connectivity index (χ2v) is 7.85. The van der Waals surface area contributed by atoms with Crippen molar-refractivity contribution in [3.8, 4) is 0 Å². The summed E-state index contributed by atoms with van der Waals surface area (Å²) >= 11 is 0. The van der Waals surface area contributed by atoms with E-state index in [1.165, 1.54) is 84.2 Å². The van der Waals surface area contributed by atoms with Gasteiger partial charge < -0.3 is 10.6 Å². The lowest BCUT2D eigenvalue weighted by molar-refractivity contribution is 0.0210. The van der Waals surface area contributed by atoms with Gasteiger partial charge in [0.25, 0.3) is 0 Å². The van der Waals surface area contributed by atoms with Gasteiger partial charge in [-0.05, 0) is 64.6 Å². The second-order valence-electron chi connectivity index (χ2n) is 7.85. The van der Waals surface area contributed by atoms with E-state index in [1.807, 2.05) is 0 Å². The molecule has 0 aliphatic carbocycles. The molecule has 4 heterocycles. The molecular formula is C17H32N4. The molecule has 4 aliphatic rings. The Hall–Kier alpha value is -0.160. The normalized spacial score (nSPS) is 42.7.